The zero-order valence-electron chi connectivity index (χ0n) is 12.5. The van der Waals surface area contributed by atoms with E-state index in [1.54, 1.807) is 0 Å². The summed E-state index contributed by atoms with van der Waals surface area (Å²) in [6.07, 6.45) is 1.20. The van der Waals surface area contributed by atoms with Crippen molar-refractivity contribution in [2.75, 3.05) is 20.1 Å². The van der Waals surface area contributed by atoms with E-state index in [0.29, 0.717) is 12.1 Å². The highest BCUT2D eigenvalue weighted by atomic mass is 15.1. The van der Waals surface area contributed by atoms with Crippen molar-refractivity contribution >= 4 is 0 Å². The number of hydrogen-bond acceptors (Lipinski definition) is 2. The monoisotopic (exact) mass is 248 g/mol. The van der Waals surface area contributed by atoms with Gasteiger partial charge in [0, 0.05) is 18.6 Å². The van der Waals surface area contributed by atoms with Gasteiger partial charge in [0.2, 0.25) is 0 Å². The van der Waals surface area contributed by atoms with E-state index in [9.17, 15) is 0 Å². The van der Waals surface area contributed by atoms with Crippen LogP contribution >= 0.6 is 0 Å². The molecule has 2 atom stereocenters. The normalized spacial score (nSPS) is 14.8. The van der Waals surface area contributed by atoms with Gasteiger partial charge in [0.15, 0.2) is 0 Å². The highest BCUT2D eigenvalue weighted by Gasteiger charge is 2.15. The number of hydrogen-bond donors (Lipinski definition) is 1. The third-order valence-corrected chi connectivity index (χ3v) is 3.74. The van der Waals surface area contributed by atoms with Gasteiger partial charge in [0.25, 0.3) is 0 Å². The molecule has 1 aromatic rings. The van der Waals surface area contributed by atoms with Crippen LogP contribution in [0, 0.1) is 6.92 Å². The Kier molecular flexibility index (Phi) is 6.37. The highest BCUT2D eigenvalue weighted by Crippen LogP contribution is 2.16. The molecular formula is C16H28N2. The Morgan fingerprint density at radius 1 is 1.17 bits per heavy atom. The Morgan fingerprint density at radius 2 is 1.78 bits per heavy atom. The Bertz CT molecular complexity index is 331. The second-order valence-electron chi connectivity index (χ2n) is 5.22. The van der Waals surface area contributed by atoms with Crippen LogP contribution in [0.4, 0.5) is 0 Å². The summed E-state index contributed by atoms with van der Waals surface area (Å²) in [6.45, 7) is 10.9. The van der Waals surface area contributed by atoms with Gasteiger partial charge >= 0.3 is 0 Å². The molecule has 0 heterocycles. The van der Waals surface area contributed by atoms with E-state index >= 15 is 0 Å². The predicted octanol–water partition coefficient (Wildman–Crippen LogP) is 3.38. The van der Waals surface area contributed by atoms with E-state index in [0.717, 1.165) is 13.1 Å². The quantitative estimate of drug-likeness (QED) is 0.796. The van der Waals surface area contributed by atoms with Gasteiger partial charge in [-0.3, -0.25) is 0 Å². The Labute approximate surface area is 112 Å². The van der Waals surface area contributed by atoms with Crippen LogP contribution in [0.2, 0.25) is 0 Å². The fourth-order valence-corrected chi connectivity index (χ4v) is 2.11. The van der Waals surface area contributed by atoms with Crippen molar-refractivity contribution in [1.82, 2.24) is 10.2 Å². The number of benzene rings is 1. The van der Waals surface area contributed by atoms with Crippen LogP contribution < -0.4 is 5.32 Å². The third-order valence-electron chi connectivity index (χ3n) is 3.74. The van der Waals surface area contributed by atoms with E-state index in [1.807, 2.05) is 0 Å². The van der Waals surface area contributed by atoms with Crippen LogP contribution in [-0.2, 0) is 0 Å². The third kappa shape index (κ3) is 4.43. The van der Waals surface area contributed by atoms with Gasteiger partial charge in [0.05, 0.1) is 0 Å². The van der Waals surface area contributed by atoms with Gasteiger partial charge in [-0.25, -0.2) is 0 Å². The molecule has 0 fully saturated rings. The van der Waals surface area contributed by atoms with Crippen molar-refractivity contribution < 1.29 is 0 Å². The van der Waals surface area contributed by atoms with Crippen LogP contribution in [0.1, 0.15) is 44.4 Å². The SMILES string of the molecule is CCNC(CN(C)C(C)CC)c1ccc(C)cc1. The lowest BCUT2D eigenvalue weighted by atomic mass is 10.0. The largest absolute Gasteiger partial charge is 0.309 e. The molecule has 0 saturated carbocycles. The van der Waals surface area contributed by atoms with Gasteiger partial charge in [-0.2, -0.15) is 0 Å². The van der Waals surface area contributed by atoms with E-state index in [-0.39, 0.29) is 0 Å². The average molecular weight is 248 g/mol. The summed E-state index contributed by atoms with van der Waals surface area (Å²) >= 11 is 0. The van der Waals surface area contributed by atoms with Crippen LogP contribution in [0.15, 0.2) is 24.3 Å². The van der Waals surface area contributed by atoms with Crippen molar-refractivity contribution in [3.63, 3.8) is 0 Å². The molecular weight excluding hydrogens is 220 g/mol. The smallest absolute Gasteiger partial charge is 0.0449 e. The maximum atomic E-state index is 3.59. The first-order valence-electron chi connectivity index (χ1n) is 7.08. The standard InChI is InChI=1S/C16H28N2/c1-6-14(4)18(5)12-16(17-7-2)15-10-8-13(3)9-11-15/h8-11,14,16-17H,6-7,12H2,1-5H3. The molecule has 2 nitrogen and oxygen atoms in total. The summed E-state index contributed by atoms with van der Waals surface area (Å²) < 4.78 is 0. The summed E-state index contributed by atoms with van der Waals surface area (Å²) in [5.41, 5.74) is 2.71. The molecule has 0 spiro atoms. The zero-order valence-corrected chi connectivity index (χ0v) is 12.5. The minimum absolute atomic E-state index is 0.426. The first-order valence-corrected chi connectivity index (χ1v) is 7.08. The molecule has 2 heteroatoms. The van der Waals surface area contributed by atoms with E-state index < -0.39 is 0 Å². The van der Waals surface area contributed by atoms with Crippen LogP contribution in [-0.4, -0.2) is 31.1 Å². The summed E-state index contributed by atoms with van der Waals surface area (Å²) in [7, 11) is 2.21. The number of aryl methyl sites for hydroxylation is 1. The van der Waals surface area contributed by atoms with Crippen molar-refractivity contribution in [2.45, 2.75) is 46.2 Å². The summed E-state index contributed by atoms with van der Waals surface area (Å²) in [4.78, 5) is 2.44. The Balaban J connectivity index is 2.73. The number of nitrogens with zero attached hydrogens (tertiary/aromatic N) is 1. The molecule has 0 amide bonds. The second-order valence-corrected chi connectivity index (χ2v) is 5.22. The van der Waals surface area contributed by atoms with Crippen LogP contribution in [0.5, 0.6) is 0 Å². The van der Waals surface area contributed by atoms with Gasteiger partial charge in [-0.15, -0.1) is 0 Å². The van der Waals surface area contributed by atoms with E-state index in [1.165, 1.54) is 17.5 Å². The highest BCUT2D eigenvalue weighted by molar-refractivity contribution is 5.24. The van der Waals surface area contributed by atoms with E-state index in [2.05, 4.69) is 69.2 Å². The lowest BCUT2D eigenvalue weighted by molar-refractivity contribution is 0.225. The van der Waals surface area contributed by atoms with Gasteiger partial charge in [0.1, 0.15) is 0 Å². The molecule has 2 unspecified atom stereocenters. The lowest BCUT2D eigenvalue weighted by Gasteiger charge is -2.29. The fraction of sp³-hybridized carbons (Fsp3) is 0.625. The van der Waals surface area contributed by atoms with Crippen molar-refractivity contribution in [3.8, 4) is 0 Å². The van der Waals surface area contributed by atoms with Crippen molar-refractivity contribution in [3.05, 3.63) is 35.4 Å². The number of nitrogens with one attached hydrogen (secondary N) is 1. The summed E-state index contributed by atoms with van der Waals surface area (Å²) in [5.74, 6) is 0. The molecule has 102 valence electrons. The number of likely N-dealkylation sites (N-methyl/N-ethyl adjacent to an activating group) is 2. The molecule has 1 rings (SSSR count). The molecule has 0 bridgehead atoms. The molecule has 0 aliphatic heterocycles. The minimum Gasteiger partial charge on any atom is -0.309 e. The number of rotatable bonds is 7. The molecule has 0 saturated heterocycles. The first-order chi connectivity index (χ1) is 8.58. The molecule has 0 aromatic heterocycles. The summed E-state index contributed by atoms with van der Waals surface area (Å²) in [6, 6.07) is 9.94. The molecule has 0 aliphatic carbocycles. The topological polar surface area (TPSA) is 15.3 Å². The first kappa shape index (κ1) is 15.2. The van der Waals surface area contributed by atoms with Crippen LogP contribution in [0.3, 0.4) is 0 Å². The molecule has 1 aromatic carbocycles. The van der Waals surface area contributed by atoms with Gasteiger partial charge in [-0.05, 0) is 39.4 Å². The molecule has 18 heavy (non-hydrogen) atoms. The second kappa shape index (κ2) is 7.55. The van der Waals surface area contributed by atoms with Crippen molar-refractivity contribution in [2.24, 2.45) is 0 Å². The van der Waals surface area contributed by atoms with Gasteiger partial charge < -0.3 is 10.2 Å². The molecule has 0 radical (unpaired) electrons. The molecule has 1 N–H and O–H groups in total. The van der Waals surface area contributed by atoms with Crippen molar-refractivity contribution in [1.29, 1.82) is 0 Å². The Morgan fingerprint density at radius 3 is 2.28 bits per heavy atom. The predicted molar refractivity (Wildman–Crippen MR) is 80.0 cm³/mol. The van der Waals surface area contributed by atoms with Crippen LogP contribution in [0.25, 0.3) is 0 Å². The zero-order chi connectivity index (χ0) is 13.5. The van der Waals surface area contributed by atoms with Gasteiger partial charge in [-0.1, -0.05) is 43.7 Å². The fourth-order valence-electron chi connectivity index (χ4n) is 2.11. The maximum absolute atomic E-state index is 3.59. The average Bonchev–Trinajstić information content (AvgIpc) is 2.38. The maximum Gasteiger partial charge on any atom is 0.0449 e. The molecule has 0 aliphatic rings. The Hall–Kier alpha value is -0.860. The summed E-state index contributed by atoms with van der Waals surface area (Å²) in [5, 5.41) is 3.59. The minimum atomic E-state index is 0.426. The lowest BCUT2D eigenvalue weighted by Crippen LogP contribution is -2.37. The van der Waals surface area contributed by atoms with E-state index in [4.69, 9.17) is 0 Å².